The van der Waals surface area contributed by atoms with Crippen LogP contribution in [0.25, 0.3) is 26.2 Å². The molecule has 3 nitrogen and oxygen atoms in total. The van der Waals surface area contributed by atoms with E-state index in [-0.39, 0.29) is 5.78 Å². The number of aromatic nitrogens is 2. The average Bonchev–Trinajstić information content (AvgIpc) is 2.44. The summed E-state index contributed by atoms with van der Waals surface area (Å²) < 4.78 is 0.715. The van der Waals surface area contributed by atoms with E-state index in [1.807, 2.05) is 30.3 Å². The molecule has 0 radical (unpaired) electrons. The maximum Gasteiger partial charge on any atom is 0.206 e. The first-order valence-corrected chi connectivity index (χ1v) is 6.64. The zero-order valence-electron chi connectivity index (χ0n) is 9.72. The first-order valence-electron chi connectivity index (χ1n) is 5.85. The summed E-state index contributed by atoms with van der Waals surface area (Å²) in [7, 11) is 0. The van der Waals surface area contributed by atoms with Gasteiger partial charge in [0.25, 0.3) is 0 Å². The van der Waals surface area contributed by atoms with Crippen molar-refractivity contribution >= 4 is 47.9 Å². The second-order valence-corrected chi connectivity index (χ2v) is 5.27. The molecule has 0 spiro atoms. The summed E-state index contributed by atoms with van der Waals surface area (Å²) in [4.78, 5) is 21.0. The van der Waals surface area contributed by atoms with Crippen molar-refractivity contribution in [2.45, 2.75) is 0 Å². The van der Waals surface area contributed by atoms with Crippen molar-refractivity contribution in [1.82, 2.24) is 9.97 Å². The maximum absolute atomic E-state index is 12.1. The molecule has 4 rings (SSSR count). The van der Waals surface area contributed by atoms with Crippen LogP contribution in [0.15, 0.2) is 42.6 Å². The third kappa shape index (κ3) is 1.40. The fourth-order valence-corrected chi connectivity index (χ4v) is 3.02. The molecule has 0 bridgehead atoms. The van der Waals surface area contributed by atoms with Gasteiger partial charge in [-0.05, 0) is 33.4 Å². The average molecular weight is 311 g/mol. The molecule has 1 aliphatic carbocycles. The Bertz CT molecular complexity index is 899. The number of carbonyl (C=O) groups is 1. The summed E-state index contributed by atoms with van der Waals surface area (Å²) in [6.07, 6.45) is 3.30. The van der Waals surface area contributed by atoms with Gasteiger partial charge in [0.1, 0.15) is 5.69 Å². The summed E-state index contributed by atoms with van der Waals surface area (Å²) in [5.74, 6) is -0.0804. The summed E-state index contributed by atoms with van der Waals surface area (Å²) in [5, 5.41) is 2.89. The third-order valence-electron chi connectivity index (χ3n) is 3.33. The number of ketones is 1. The Labute approximate surface area is 117 Å². The number of hydrogen-bond donors (Lipinski definition) is 0. The largest absolute Gasteiger partial charge is 0.287 e. The quantitative estimate of drug-likeness (QED) is 0.594. The number of benzene rings is 1. The molecule has 2 aromatic heterocycles. The number of pyridine rings is 2. The number of hydrogen-bond acceptors (Lipinski definition) is 3. The lowest BCUT2D eigenvalue weighted by atomic mass is 9.97. The van der Waals surface area contributed by atoms with Crippen molar-refractivity contribution in [2.24, 2.45) is 0 Å². The first kappa shape index (κ1) is 10.8. The first-order chi connectivity index (χ1) is 9.25. The molecule has 0 fully saturated rings. The van der Waals surface area contributed by atoms with Crippen molar-refractivity contribution in [1.29, 1.82) is 0 Å². The number of para-hydroxylation sites is 1. The van der Waals surface area contributed by atoms with Crippen molar-refractivity contribution in [3.05, 3.63) is 54.0 Å². The zero-order valence-corrected chi connectivity index (χ0v) is 11.3. The van der Waals surface area contributed by atoms with E-state index in [4.69, 9.17) is 0 Å². The minimum absolute atomic E-state index is 0.0804. The van der Waals surface area contributed by atoms with E-state index >= 15 is 0 Å². The van der Waals surface area contributed by atoms with Gasteiger partial charge in [-0.25, -0.2) is 4.98 Å². The summed E-state index contributed by atoms with van der Waals surface area (Å²) >= 11 is 3.41. The predicted octanol–water partition coefficient (Wildman–Crippen LogP) is 3.72. The monoisotopic (exact) mass is 310 g/mol. The van der Waals surface area contributed by atoms with Gasteiger partial charge in [-0.3, -0.25) is 9.78 Å². The van der Waals surface area contributed by atoms with Gasteiger partial charge in [0.05, 0.1) is 11.2 Å². The number of allylic oxidation sites excluding steroid dienone is 1. The highest BCUT2D eigenvalue weighted by Gasteiger charge is 2.22. The lowest BCUT2D eigenvalue weighted by Gasteiger charge is -2.14. The third-order valence-corrected chi connectivity index (χ3v) is 3.94. The van der Waals surface area contributed by atoms with Crippen LogP contribution in [-0.4, -0.2) is 15.8 Å². The van der Waals surface area contributed by atoms with E-state index in [1.54, 1.807) is 6.20 Å². The Balaban J connectivity index is 2.34. The van der Waals surface area contributed by atoms with Gasteiger partial charge in [0.2, 0.25) is 5.78 Å². The van der Waals surface area contributed by atoms with Crippen LogP contribution >= 0.6 is 15.9 Å². The molecular weight excluding hydrogens is 304 g/mol. The van der Waals surface area contributed by atoms with Crippen LogP contribution in [-0.2, 0) is 0 Å². The van der Waals surface area contributed by atoms with Crippen LogP contribution in [0.5, 0.6) is 0 Å². The van der Waals surface area contributed by atoms with Crippen LogP contribution in [0, 0.1) is 0 Å². The molecule has 1 aromatic carbocycles. The van der Waals surface area contributed by atoms with E-state index < -0.39 is 0 Å². The zero-order chi connectivity index (χ0) is 13.0. The molecule has 3 aromatic rings. The summed E-state index contributed by atoms with van der Waals surface area (Å²) in [6.45, 7) is 0. The molecule has 0 saturated carbocycles. The van der Waals surface area contributed by atoms with E-state index in [0.717, 1.165) is 27.4 Å². The van der Waals surface area contributed by atoms with Crippen LogP contribution in [0.1, 0.15) is 16.2 Å². The SMILES string of the molecule is O=C1C=C(Br)c2nccc3c2c1nc1ccccc13. The number of fused-ring (bicyclic) bond motifs is 2. The molecular formula is C15H7BrN2O. The number of rotatable bonds is 0. The van der Waals surface area contributed by atoms with E-state index in [2.05, 4.69) is 25.9 Å². The standard InChI is InChI=1S/C15H7BrN2O/c16-10-7-12(19)15-13-9(5-6-17-14(10)13)8-3-1-2-4-11(8)18-15/h1-7H. The molecule has 19 heavy (non-hydrogen) atoms. The van der Waals surface area contributed by atoms with E-state index in [9.17, 15) is 4.79 Å². The Kier molecular flexibility index (Phi) is 2.11. The van der Waals surface area contributed by atoms with Crippen LogP contribution in [0.2, 0.25) is 0 Å². The van der Waals surface area contributed by atoms with Crippen LogP contribution < -0.4 is 0 Å². The number of halogens is 1. The van der Waals surface area contributed by atoms with Crippen molar-refractivity contribution < 1.29 is 4.79 Å². The summed E-state index contributed by atoms with van der Waals surface area (Å²) in [5.41, 5.74) is 2.10. The lowest BCUT2D eigenvalue weighted by molar-refractivity contribution is 0.104. The Morgan fingerprint density at radius 2 is 1.84 bits per heavy atom. The summed E-state index contributed by atoms with van der Waals surface area (Å²) in [6, 6.07) is 9.77. The van der Waals surface area contributed by atoms with Crippen molar-refractivity contribution in [3.63, 3.8) is 0 Å². The van der Waals surface area contributed by atoms with Gasteiger partial charge in [-0.1, -0.05) is 18.2 Å². The molecule has 0 aliphatic heterocycles. The van der Waals surface area contributed by atoms with Gasteiger partial charge >= 0.3 is 0 Å². The lowest BCUT2D eigenvalue weighted by Crippen LogP contribution is -2.08. The number of carbonyl (C=O) groups excluding carboxylic acids is 1. The van der Waals surface area contributed by atoms with Crippen molar-refractivity contribution in [2.75, 3.05) is 0 Å². The molecule has 2 heterocycles. The fraction of sp³-hybridized carbons (Fsp3) is 0. The molecule has 4 heteroatoms. The molecule has 0 atom stereocenters. The molecule has 90 valence electrons. The second-order valence-electron chi connectivity index (χ2n) is 4.42. The van der Waals surface area contributed by atoms with Gasteiger partial charge in [-0.15, -0.1) is 0 Å². The number of nitrogens with zero attached hydrogens (tertiary/aromatic N) is 2. The van der Waals surface area contributed by atoms with Gasteiger partial charge in [-0.2, -0.15) is 0 Å². The smallest absolute Gasteiger partial charge is 0.206 e. The normalized spacial score (nSPS) is 13.9. The topological polar surface area (TPSA) is 42.9 Å². The molecule has 1 aliphatic rings. The molecule has 0 unspecified atom stereocenters. The highest BCUT2D eigenvalue weighted by molar-refractivity contribution is 9.15. The Morgan fingerprint density at radius 1 is 1.00 bits per heavy atom. The highest BCUT2D eigenvalue weighted by Crippen LogP contribution is 2.36. The van der Waals surface area contributed by atoms with Gasteiger partial charge in [0.15, 0.2) is 0 Å². The Morgan fingerprint density at radius 3 is 2.74 bits per heavy atom. The van der Waals surface area contributed by atoms with Gasteiger partial charge in [0, 0.05) is 27.5 Å². The molecule has 0 saturated heterocycles. The molecule has 0 N–H and O–H groups in total. The fourth-order valence-electron chi connectivity index (χ4n) is 2.51. The van der Waals surface area contributed by atoms with Crippen LogP contribution in [0.4, 0.5) is 0 Å². The van der Waals surface area contributed by atoms with E-state index in [0.29, 0.717) is 10.2 Å². The van der Waals surface area contributed by atoms with Crippen LogP contribution in [0.3, 0.4) is 0 Å². The highest BCUT2D eigenvalue weighted by atomic mass is 79.9. The second kappa shape index (κ2) is 3.71. The minimum atomic E-state index is -0.0804. The van der Waals surface area contributed by atoms with Gasteiger partial charge < -0.3 is 0 Å². The van der Waals surface area contributed by atoms with Crippen molar-refractivity contribution in [3.8, 4) is 0 Å². The molecule has 0 amide bonds. The maximum atomic E-state index is 12.1. The Hall–Kier alpha value is -2.07. The minimum Gasteiger partial charge on any atom is -0.287 e. The van der Waals surface area contributed by atoms with E-state index in [1.165, 1.54) is 6.08 Å². The predicted molar refractivity (Wildman–Crippen MR) is 78.3 cm³/mol.